The second-order valence-electron chi connectivity index (χ2n) is 5.00. The Morgan fingerprint density at radius 3 is 2.73 bits per heavy atom. The molecule has 1 aromatic rings. The molecular formula is C16H21NO5. The Kier molecular flexibility index (Phi) is 6.21. The van der Waals surface area contributed by atoms with Crippen LogP contribution in [0, 0.1) is 0 Å². The maximum atomic E-state index is 11.8. The number of ether oxygens (including phenoxy) is 3. The van der Waals surface area contributed by atoms with Crippen LogP contribution in [0.5, 0.6) is 5.75 Å². The van der Waals surface area contributed by atoms with Gasteiger partial charge in [-0.25, -0.2) is 4.79 Å². The SMILES string of the molecule is CCNC(=O)COC(=O)c1ccc(OCC2CCCO2)cc1. The quantitative estimate of drug-likeness (QED) is 0.773. The summed E-state index contributed by atoms with van der Waals surface area (Å²) in [5.74, 6) is -0.167. The molecule has 22 heavy (non-hydrogen) atoms. The molecule has 1 aromatic carbocycles. The highest BCUT2D eigenvalue weighted by atomic mass is 16.5. The molecule has 1 atom stereocenters. The van der Waals surface area contributed by atoms with Gasteiger partial charge in [-0.1, -0.05) is 0 Å². The molecule has 1 saturated heterocycles. The minimum absolute atomic E-state index is 0.154. The molecule has 1 unspecified atom stereocenters. The van der Waals surface area contributed by atoms with Crippen LogP contribution in [0.15, 0.2) is 24.3 Å². The van der Waals surface area contributed by atoms with Crippen molar-refractivity contribution in [3.63, 3.8) is 0 Å². The molecule has 6 heteroatoms. The van der Waals surface area contributed by atoms with Crippen LogP contribution in [0.3, 0.4) is 0 Å². The first-order chi connectivity index (χ1) is 10.7. The molecule has 0 radical (unpaired) electrons. The van der Waals surface area contributed by atoms with E-state index in [2.05, 4.69) is 5.32 Å². The highest BCUT2D eigenvalue weighted by Gasteiger charge is 2.16. The zero-order chi connectivity index (χ0) is 15.8. The van der Waals surface area contributed by atoms with E-state index in [0.29, 0.717) is 24.5 Å². The first kappa shape index (κ1) is 16.3. The monoisotopic (exact) mass is 307 g/mol. The highest BCUT2D eigenvalue weighted by molar-refractivity contribution is 5.91. The number of esters is 1. The molecule has 1 fully saturated rings. The summed E-state index contributed by atoms with van der Waals surface area (Å²) in [7, 11) is 0. The fraction of sp³-hybridized carbons (Fsp3) is 0.500. The summed E-state index contributed by atoms with van der Waals surface area (Å²) in [6, 6.07) is 6.64. The summed E-state index contributed by atoms with van der Waals surface area (Å²) < 4.78 is 16.0. The number of likely N-dealkylation sites (N-methyl/N-ethyl adjacent to an activating group) is 1. The highest BCUT2D eigenvalue weighted by Crippen LogP contribution is 2.16. The van der Waals surface area contributed by atoms with E-state index in [9.17, 15) is 9.59 Å². The maximum Gasteiger partial charge on any atom is 0.338 e. The fourth-order valence-electron chi connectivity index (χ4n) is 2.11. The van der Waals surface area contributed by atoms with E-state index in [1.54, 1.807) is 31.2 Å². The Labute approximate surface area is 129 Å². The zero-order valence-corrected chi connectivity index (χ0v) is 12.7. The van der Waals surface area contributed by atoms with Crippen molar-refractivity contribution in [3.05, 3.63) is 29.8 Å². The van der Waals surface area contributed by atoms with Gasteiger partial charge in [0.1, 0.15) is 12.4 Å². The molecule has 0 saturated carbocycles. The lowest BCUT2D eigenvalue weighted by molar-refractivity contribution is -0.124. The summed E-state index contributed by atoms with van der Waals surface area (Å²) >= 11 is 0. The van der Waals surface area contributed by atoms with Gasteiger partial charge in [-0.15, -0.1) is 0 Å². The molecule has 120 valence electrons. The Hall–Kier alpha value is -2.08. The standard InChI is InChI=1S/C16H21NO5/c1-2-17-15(18)11-22-16(19)12-5-7-13(8-6-12)21-10-14-4-3-9-20-14/h5-8,14H,2-4,9-11H2,1H3,(H,17,18). The largest absolute Gasteiger partial charge is 0.491 e. The van der Waals surface area contributed by atoms with Crippen molar-refractivity contribution < 1.29 is 23.8 Å². The van der Waals surface area contributed by atoms with Crippen LogP contribution in [-0.2, 0) is 14.3 Å². The number of hydrogen-bond donors (Lipinski definition) is 1. The number of carbonyl (C=O) groups is 2. The lowest BCUT2D eigenvalue weighted by Gasteiger charge is -2.11. The van der Waals surface area contributed by atoms with Crippen molar-refractivity contribution in [3.8, 4) is 5.75 Å². The van der Waals surface area contributed by atoms with Crippen molar-refractivity contribution >= 4 is 11.9 Å². The van der Waals surface area contributed by atoms with Crippen LogP contribution in [0.4, 0.5) is 0 Å². The van der Waals surface area contributed by atoms with Crippen LogP contribution < -0.4 is 10.1 Å². The number of amides is 1. The van der Waals surface area contributed by atoms with Gasteiger partial charge in [0.05, 0.1) is 11.7 Å². The first-order valence-electron chi connectivity index (χ1n) is 7.47. The molecule has 1 amide bonds. The summed E-state index contributed by atoms with van der Waals surface area (Å²) in [6.07, 6.45) is 2.25. The van der Waals surface area contributed by atoms with E-state index < -0.39 is 5.97 Å². The predicted molar refractivity (Wildman–Crippen MR) is 79.9 cm³/mol. The first-order valence-corrected chi connectivity index (χ1v) is 7.47. The summed E-state index contributed by atoms with van der Waals surface area (Å²) in [5, 5.41) is 2.56. The molecule has 0 spiro atoms. The molecule has 0 aliphatic carbocycles. The van der Waals surface area contributed by atoms with E-state index in [-0.39, 0.29) is 18.6 Å². The average Bonchev–Trinajstić information content (AvgIpc) is 3.05. The fourth-order valence-corrected chi connectivity index (χ4v) is 2.11. The topological polar surface area (TPSA) is 73.9 Å². The number of carbonyl (C=O) groups excluding carboxylic acids is 2. The molecule has 2 rings (SSSR count). The second kappa shape index (κ2) is 8.38. The van der Waals surface area contributed by atoms with Gasteiger partial charge < -0.3 is 19.5 Å². The maximum absolute atomic E-state index is 11.8. The summed E-state index contributed by atoms with van der Waals surface area (Å²) in [5.41, 5.74) is 0.383. The average molecular weight is 307 g/mol. The van der Waals surface area contributed by atoms with Crippen molar-refractivity contribution in [1.82, 2.24) is 5.32 Å². The van der Waals surface area contributed by atoms with E-state index >= 15 is 0 Å². The van der Waals surface area contributed by atoms with Crippen molar-refractivity contribution in [2.45, 2.75) is 25.9 Å². The lowest BCUT2D eigenvalue weighted by atomic mass is 10.2. The van der Waals surface area contributed by atoms with Gasteiger partial charge in [0.15, 0.2) is 6.61 Å². The molecule has 1 aliphatic heterocycles. The minimum Gasteiger partial charge on any atom is -0.491 e. The zero-order valence-electron chi connectivity index (χ0n) is 12.7. The summed E-state index contributed by atoms with van der Waals surface area (Å²) in [6.45, 7) is 3.34. The Bertz CT molecular complexity index is 494. The van der Waals surface area contributed by atoms with Crippen LogP contribution in [0.25, 0.3) is 0 Å². The van der Waals surface area contributed by atoms with Crippen LogP contribution in [-0.4, -0.2) is 44.3 Å². The molecule has 6 nitrogen and oxygen atoms in total. The second-order valence-corrected chi connectivity index (χ2v) is 5.00. The number of rotatable bonds is 7. The van der Waals surface area contributed by atoms with Gasteiger partial charge in [0, 0.05) is 13.2 Å². The molecule has 1 aliphatic rings. The third-order valence-corrected chi connectivity index (χ3v) is 3.26. The van der Waals surface area contributed by atoms with Gasteiger partial charge in [0.25, 0.3) is 5.91 Å². The van der Waals surface area contributed by atoms with Crippen molar-refractivity contribution in [2.24, 2.45) is 0 Å². The van der Waals surface area contributed by atoms with Gasteiger partial charge in [0.2, 0.25) is 0 Å². The van der Waals surface area contributed by atoms with E-state index in [1.807, 2.05) is 0 Å². The van der Waals surface area contributed by atoms with Crippen molar-refractivity contribution in [1.29, 1.82) is 0 Å². The summed E-state index contributed by atoms with van der Waals surface area (Å²) in [4.78, 5) is 23.0. The van der Waals surface area contributed by atoms with Gasteiger partial charge in [-0.2, -0.15) is 0 Å². The van der Waals surface area contributed by atoms with Crippen LogP contribution >= 0.6 is 0 Å². The Balaban J connectivity index is 1.77. The number of benzene rings is 1. The lowest BCUT2D eigenvalue weighted by Crippen LogP contribution is -2.28. The van der Waals surface area contributed by atoms with Gasteiger partial charge in [-0.05, 0) is 44.0 Å². The molecular weight excluding hydrogens is 286 g/mol. The molecule has 1 N–H and O–H groups in total. The predicted octanol–water partition coefficient (Wildman–Crippen LogP) is 1.54. The van der Waals surface area contributed by atoms with Gasteiger partial charge >= 0.3 is 5.97 Å². The van der Waals surface area contributed by atoms with E-state index in [4.69, 9.17) is 14.2 Å². The van der Waals surface area contributed by atoms with Crippen LogP contribution in [0.2, 0.25) is 0 Å². The number of nitrogens with one attached hydrogen (secondary N) is 1. The normalized spacial score (nSPS) is 17.0. The third kappa shape index (κ3) is 5.04. The number of hydrogen-bond acceptors (Lipinski definition) is 5. The van der Waals surface area contributed by atoms with Crippen molar-refractivity contribution in [2.75, 3.05) is 26.4 Å². The van der Waals surface area contributed by atoms with E-state index in [1.165, 1.54) is 0 Å². The molecule has 1 heterocycles. The Morgan fingerprint density at radius 2 is 2.09 bits per heavy atom. The minimum atomic E-state index is -0.531. The van der Waals surface area contributed by atoms with E-state index in [0.717, 1.165) is 19.4 Å². The molecule has 0 bridgehead atoms. The smallest absolute Gasteiger partial charge is 0.338 e. The Morgan fingerprint density at radius 1 is 1.32 bits per heavy atom. The van der Waals surface area contributed by atoms with Crippen LogP contribution in [0.1, 0.15) is 30.1 Å². The molecule has 0 aromatic heterocycles. The van der Waals surface area contributed by atoms with Gasteiger partial charge in [-0.3, -0.25) is 4.79 Å². The third-order valence-electron chi connectivity index (χ3n) is 3.26.